The van der Waals surface area contributed by atoms with Crippen molar-refractivity contribution in [2.24, 2.45) is 7.05 Å². The first kappa shape index (κ1) is 19.3. The maximum Gasteiger partial charge on any atom is 0.229 e. The van der Waals surface area contributed by atoms with Gasteiger partial charge in [-0.25, -0.2) is 0 Å². The Morgan fingerprint density at radius 1 is 1.00 bits per heavy atom. The smallest absolute Gasteiger partial charge is 0.229 e. The normalized spacial score (nSPS) is 18.8. The van der Waals surface area contributed by atoms with E-state index in [2.05, 4.69) is 51.4 Å². The van der Waals surface area contributed by atoms with Crippen LogP contribution >= 0.6 is 0 Å². The number of rotatable bonds is 4. The first-order valence-electron chi connectivity index (χ1n) is 11.2. The van der Waals surface area contributed by atoms with E-state index >= 15 is 0 Å². The molecule has 2 aromatic heterocycles. The van der Waals surface area contributed by atoms with E-state index in [4.69, 9.17) is 9.97 Å². The summed E-state index contributed by atoms with van der Waals surface area (Å²) in [6.45, 7) is 6.66. The Labute approximate surface area is 178 Å². The van der Waals surface area contributed by atoms with Crippen molar-refractivity contribution in [1.29, 1.82) is 0 Å². The minimum atomic E-state index is 0.715. The van der Waals surface area contributed by atoms with Crippen LogP contribution in [0.3, 0.4) is 0 Å². The van der Waals surface area contributed by atoms with Gasteiger partial charge >= 0.3 is 0 Å². The summed E-state index contributed by atoms with van der Waals surface area (Å²) in [5.74, 6) is 1.63. The fourth-order valence-corrected chi connectivity index (χ4v) is 4.82. The van der Waals surface area contributed by atoms with Crippen molar-refractivity contribution >= 4 is 28.5 Å². The molecule has 0 atom stereocenters. The lowest BCUT2D eigenvalue weighted by Gasteiger charge is -2.40. The molecule has 0 spiro atoms. The molecule has 7 nitrogen and oxygen atoms in total. The summed E-state index contributed by atoms with van der Waals surface area (Å²) in [6.07, 6.45) is 8.33. The van der Waals surface area contributed by atoms with Crippen molar-refractivity contribution in [1.82, 2.24) is 24.6 Å². The molecule has 0 unspecified atom stereocenters. The fraction of sp³-hybridized carbons (Fsp3) is 0.522. The lowest BCUT2D eigenvalue weighted by molar-refractivity contribution is 0.141. The molecule has 4 heterocycles. The minimum absolute atomic E-state index is 0.715. The van der Waals surface area contributed by atoms with Gasteiger partial charge < -0.3 is 15.1 Å². The molecule has 3 aromatic rings. The molecule has 2 aliphatic rings. The first-order valence-corrected chi connectivity index (χ1v) is 11.2. The number of aromatic nitrogens is 4. The van der Waals surface area contributed by atoms with Gasteiger partial charge in [0.05, 0.1) is 11.6 Å². The number of anilines is 3. The van der Waals surface area contributed by atoms with Gasteiger partial charge in [-0.15, -0.1) is 0 Å². The van der Waals surface area contributed by atoms with Crippen LogP contribution in [0.25, 0.3) is 11.0 Å². The van der Waals surface area contributed by atoms with E-state index in [1.807, 2.05) is 17.9 Å². The standard InChI is InChI=1S/C23H31N7/c1-17-7-6-8-18(15-17)25-21-20-16-24-28(2)22(20)27-23(26-21)30-13-9-19(10-14-30)29-11-4-3-5-12-29/h6-8,15-16,19H,3-5,9-14H2,1-2H3,(H,25,26,27). The largest absolute Gasteiger partial charge is 0.341 e. The third kappa shape index (κ3) is 3.86. The molecular formula is C23H31N7. The fourth-order valence-electron chi connectivity index (χ4n) is 4.82. The number of nitrogens with zero attached hydrogens (tertiary/aromatic N) is 6. The quantitative estimate of drug-likeness (QED) is 0.711. The molecule has 1 aromatic carbocycles. The average molecular weight is 406 g/mol. The Bertz CT molecular complexity index is 1010. The van der Waals surface area contributed by atoms with Gasteiger partial charge in [-0.2, -0.15) is 15.1 Å². The van der Waals surface area contributed by atoms with Crippen LogP contribution in [-0.4, -0.2) is 56.9 Å². The molecule has 5 rings (SSSR count). The van der Waals surface area contributed by atoms with E-state index in [1.54, 1.807) is 0 Å². The highest BCUT2D eigenvalue weighted by atomic mass is 15.3. The number of piperidine rings is 2. The molecule has 0 aliphatic carbocycles. The van der Waals surface area contributed by atoms with Crippen molar-refractivity contribution in [3.8, 4) is 0 Å². The second-order valence-corrected chi connectivity index (χ2v) is 8.69. The van der Waals surface area contributed by atoms with E-state index in [0.717, 1.165) is 41.6 Å². The van der Waals surface area contributed by atoms with E-state index in [9.17, 15) is 0 Å². The third-order valence-corrected chi connectivity index (χ3v) is 6.52. The van der Waals surface area contributed by atoms with Crippen LogP contribution in [0.5, 0.6) is 0 Å². The molecule has 2 saturated heterocycles. The monoisotopic (exact) mass is 405 g/mol. The van der Waals surface area contributed by atoms with Crippen LogP contribution < -0.4 is 10.2 Å². The zero-order chi connectivity index (χ0) is 20.5. The number of nitrogens with one attached hydrogen (secondary N) is 1. The first-order chi connectivity index (χ1) is 14.7. The maximum atomic E-state index is 4.94. The number of fused-ring (bicyclic) bond motifs is 1. The number of hydrogen-bond acceptors (Lipinski definition) is 6. The summed E-state index contributed by atoms with van der Waals surface area (Å²) in [5, 5.41) is 8.88. The summed E-state index contributed by atoms with van der Waals surface area (Å²) in [6, 6.07) is 9.08. The Kier molecular flexibility index (Phi) is 5.29. The van der Waals surface area contributed by atoms with Crippen LogP contribution in [0.2, 0.25) is 0 Å². The predicted octanol–water partition coefficient (Wildman–Crippen LogP) is 3.87. The molecule has 0 saturated carbocycles. The molecule has 158 valence electrons. The molecule has 7 heteroatoms. The minimum Gasteiger partial charge on any atom is -0.341 e. The zero-order valence-corrected chi connectivity index (χ0v) is 18.0. The van der Waals surface area contributed by atoms with Gasteiger partial charge in [-0.3, -0.25) is 4.68 Å². The summed E-state index contributed by atoms with van der Waals surface area (Å²) in [5.41, 5.74) is 3.12. The molecule has 0 amide bonds. The number of aryl methyl sites for hydroxylation is 2. The van der Waals surface area contributed by atoms with E-state index in [0.29, 0.717) is 6.04 Å². The van der Waals surface area contributed by atoms with E-state index in [-0.39, 0.29) is 0 Å². The van der Waals surface area contributed by atoms with Crippen molar-refractivity contribution in [2.45, 2.75) is 45.1 Å². The van der Waals surface area contributed by atoms with E-state index < -0.39 is 0 Å². The lowest BCUT2D eigenvalue weighted by Crippen LogP contribution is -2.47. The Balaban J connectivity index is 1.39. The molecule has 0 radical (unpaired) electrons. The Morgan fingerprint density at radius 2 is 1.80 bits per heavy atom. The third-order valence-electron chi connectivity index (χ3n) is 6.52. The maximum absolute atomic E-state index is 4.94. The van der Waals surface area contributed by atoms with Crippen molar-refractivity contribution in [3.63, 3.8) is 0 Å². The van der Waals surface area contributed by atoms with Crippen molar-refractivity contribution in [3.05, 3.63) is 36.0 Å². The van der Waals surface area contributed by atoms with Gasteiger partial charge in [0.2, 0.25) is 5.95 Å². The molecule has 30 heavy (non-hydrogen) atoms. The van der Waals surface area contributed by atoms with Gasteiger partial charge in [-0.1, -0.05) is 18.6 Å². The predicted molar refractivity (Wildman–Crippen MR) is 121 cm³/mol. The van der Waals surface area contributed by atoms with Gasteiger partial charge in [0, 0.05) is 31.9 Å². The molecule has 1 N–H and O–H groups in total. The second kappa shape index (κ2) is 8.22. The van der Waals surface area contributed by atoms with Crippen LogP contribution in [0.15, 0.2) is 30.5 Å². The van der Waals surface area contributed by atoms with Gasteiger partial charge in [-0.05, 0) is 63.4 Å². The number of likely N-dealkylation sites (tertiary alicyclic amines) is 1. The lowest BCUT2D eigenvalue weighted by atomic mass is 10.0. The molecule has 0 bridgehead atoms. The van der Waals surface area contributed by atoms with Gasteiger partial charge in [0.15, 0.2) is 5.65 Å². The Morgan fingerprint density at radius 3 is 2.57 bits per heavy atom. The van der Waals surface area contributed by atoms with Crippen LogP contribution in [0.4, 0.5) is 17.5 Å². The highest BCUT2D eigenvalue weighted by molar-refractivity contribution is 5.89. The summed E-state index contributed by atoms with van der Waals surface area (Å²) >= 11 is 0. The van der Waals surface area contributed by atoms with Gasteiger partial charge in [0.25, 0.3) is 0 Å². The summed E-state index contributed by atoms with van der Waals surface area (Å²) < 4.78 is 1.84. The van der Waals surface area contributed by atoms with Gasteiger partial charge in [0.1, 0.15) is 5.82 Å². The summed E-state index contributed by atoms with van der Waals surface area (Å²) in [7, 11) is 1.94. The van der Waals surface area contributed by atoms with Crippen LogP contribution in [0, 0.1) is 6.92 Å². The molecular weight excluding hydrogens is 374 g/mol. The topological polar surface area (TPSA) is 62.1 Å². The Hall–Kier alpha value is -2.67. The van der Waals surface area contributed by atoms with Crippen molar-refractivity contribution < 1.29 is 0 Å². The molecule has 2 fully saturated rings. The van der Waals surface area contributed by atoms with Crippen LogP contribution in [-0.2, 0) is 7.05 Å². The van der Waals surface area contributed by atoms with Crippen molar-refractivity contribution in [2.75, 3.05) is 36.4 Å². The number of hydrogen-bond donors (Lipinski definition) is 1. The highest BCUT2D eigenvalue weighted by Crippen LogP contribution is 2.28. The summed E-state index contributed by atoms with van der Waals surface area (Å²) in [4.78, 5) is 14.9. The second-order valence-electron chi connectivity index (χ2n) is 8.69. The van der Waals surface area contributed by atoms with Crippen LogP contribution in [0.1, 0.15) is 37.7 Å². The zero-order valence-electron chi connectivity index (χ0n) is 18.0. The highest BCUT2D eigenvalue weighted by Gasteiger charge is 2.27. The molecule has 2 aliphatic heterocycles. The SMILES string of the molecule is Cc1cccc(Nc2nc(N3CCC(N4CCCCC4)CC3)nc3c2cnn3C)c1. The number of benzene rings is 1. The van der Waals surface area contributed by atoms with E-state index in [1.165, 1.54) is 50.8 Å². The average Bonchev–Trinajstić information content (AvgIpc) is 3.16.